The number of ketones is 1. The van der Waals surface area contributed by atoms with Gasteiger partial charge in [-0.1, -0.05) is 20.8 Å². The van der Waals surface area contributed by atoms with Crippen LogP contribution in [0.25, 0.3) is 0 Å². The number of phenolic OH excluding ortho intramolecular Hbond substituents is 1. The summed E-state index contributed by atoms with van der Waals surface area (Å²) in [5.74, 6) is 0.340. The topological polar surface area (TPSA) is 37.3 Å². The van der Waals surface area contributed by atoms with Crippen molar-refractivity contribution in [3.63, 3.8) is 0 Å². The molecule has 0 bridgehead atoms. The summed E-state index contributed by atoms with van der Waals surface area (Å²) in [6, 6.07) is 6.43. The van der Waals surface area contributed by atoms with E-state index in [1.807, 2.05) is 0 Å². The number of benzene rings is 1. The monoisotopic (exact) mass is 206 g/mol. The molecule has 15 heavy (non-hydrogen) atoms. The summed E-state index contributed by atoms with van der Waals surface area (Å²) < 4.78 is 0. The molecule has 0 radical (unpaired) electrons. The highest BCUT2D eigenvalue weighted by molar-refractivity contribution is 5.96. The number of aromatic hydroxyl groups is 1. The van der Waals surface area contributed by atoms with E-state index in [9.17, 15) is 4.79 Å². The number of phenols is 1. The Kier molecular flexibility index (Phi) is 3.51. The molecule has 0 unspecified atom stereocenters. The van der Waals surface area contributed by atoms with Crippen LogP contribution in [0.1, 0.15) is 44.0 Å². The summed E-state index contributed by atoms with van der Waals surface area (Å²) in [4.78, 5) is 11.7. The maximum atomic E-state index is 11.7. The molecule has 2 nitrogen and oxygen atoms in total. The molecule has 0 saturated carbocycles. The summed E-state index contributed by atoms with van der Waals surface area (Å²) >= 11 is 0. The molecule has 2 heteroatoms. The van der Waals surface area contributed by atoms with Gasteiger partial charge in [0.25, 0.3) is 0 Å². The van der Waals surface area contributed by atoms with Crippen molar-refractivity contribution in [2.45, 2.75) is 33.6 Å². The van der Waals surface area contributed by atoms with Crippen molar-refractivity contribution in [1.82, 2.24) is 0 Å². The molecule has 0 aliphatic rings. The first-order chi connectivity index (χ1) is 6.88. The van der Waals surface area contributed by atoms with E-state index in [1.165, 1.54) is 0 Å². The lowest BCUT2D eigenvalue weighted by atomic mass is 9.88. The number of Topliss-reactive ketones (excluding diaryl/α,β-unsaturated/α-hetero) is 1. The first-order valence-electron chi connectivity index (χ1n) is 5.21. The minimum Gasteiger partial charge on any atom is -0.508 e. The van der Waals surface area contributed by atoms with E-state index in [-0.39, 0.29) is 16.9 Å². The molecular formula is C13H18O2. The van der Waals surface area contributed by atoms with Gasteiger partial charge in [-0.2, -0.15) is 0 Å². The molecular weight excluding hydrogens is 188 g/mol. The Bertz CT molecular complexity index is 331. The molecule has 1 N–H and O–H groups in total. The Morgan fingerprint density at radius 3 is 2.20 bits per heavy atom. The number of rotatable bonds is 3. The number of hydrogen-bond donors (Lipinski definition) is 1. The maximum absolute atomic E-state index is 11.7. The predicted octanol–water partition coefficient (Wildman–Crippen LogP) is 3.40. The van der Waals surface area contributed by atoms with Gasteiger partial charge in [-0.3, -0.25) is 4.79 Å². The third-order valence-electron chi connectivity index (χ3n) is 2.29. The Morgan fingerprint density at radius 1 is 1.20 bits per heavy atom. The van der Waals surface area contributed by atoms with Crippen molar-refractivity contribution in [2.75, 3.05) is 0 Å². The standard InChI is InChI=1S/C13H18O2/c1-13(2,3)9-8-12(15)10-4-6-11(14)7-5-10/h4-7,14H,8-9H2,1-3H3. The van der Waals surface area contributed by atoms with Crippen LogP contribution in [0.5, 0.6) is 5.75 Å². The highest BCUT2D eigenvalue weighted by atomic mass is 16.3. The van der Waals surface area contributed by atoms with E-state index in [4.69, 9.17) is 5.11 Å². The normalized spacial score (nSPS) is 11.4. The van der Waals surface area contributed by atoms with E-state index in [0.29, 0.717) is 12.0 Å². The highest BCUT2D eigenvalue weighted by Gasteiger charge is 2.13. The largest absolute Gasteiger partial charge is 0.508 e. The molecule has 82 valence electrons. The summed E-state index contributed by atoms with van der Waals surface area (Å²) in [6.07, 6.45) is 1.45. The number of hydrogen-bond acceptors (Lipinski definition) is 2. The number of carbonyl (C=O) groups is 1. The summed E-state index contributed by atoms with van der Waals surface area (Å²) in [7, 11) is 0. The fourth-order valence-corrected chi connectivity index (χ4v) is 1.28. The summed E-state index contributed by atoms with van der Waals surface area (Å²) in [5.41, 5.74) is 0.865. The van der Waals surface area contributed by atoms with Gasteiger partial charge in [0.1, 0.15) is 5.75 Å². The molecule has 0 aliphatic carbocycles. The van der Waals surface area contributed by atoms with Crippen molar-refractivity contribution in [3.05, 3.63) is 29.8 Å². The van der Waals surface area contributed by atoms with Crippen molar-refractivity contribution >= 4 is 5.78 Å². The first-order valence-corrected chi connectivity index (χ1v) is 5.21. The summed E-state index contributed by atoms with van der Waals surface area (Å²) in [6.45, 7) is 6.37. The fourth-order valence-electron chi connectivity index (χ4n) is 1.28. The van der Waals surface area contributed by atoms with Gasteiger partial charge >= 0.3 is 0 Å². The molecule has 0 aromatic heterocycles. The van der Waals surface area contributed by atoms with Gasteiger partial charge in [0.05, 0.1) is 0 Å². The Labute approximate surface area is 90.9 Å². The average Bonchev–Trinajstić information content (AvgIpc) is 2.14. The van der Waals surface area contributed by atoms with Gasteiger partial charge in [-0.05, 0) is 36.1 Å². The third-order valence-corrected chi connectivity index (χ3v) is 2.29. The van der Waals surface area contributed by atoms with Crippen LogP contribution >= 0.6 is 0 Å². The molecule has 0 fully saturated rings. The molecule has 0 spiro atoms. The molecule has 1 aromatic rings. The van der Waals surface area contributed by atoms with Crippen molar-refractivity contribution in [3.8, 4) is 5.75 Å². The van der Waals surface area contributed by atoms with E-state index in [2.05, 4.69) is 20.8 Å². The molecule has 0 amide bonds. The minimum atomic E-state index is 0.143. The maximum Gasteiger partial charge on any atom is 0.162 e. The summed E-state index contributed by atoms with van der Waals surface area (Å²) in [5, 5.41) is 9.09. The molecule has 1 rings (SSSR count). The van der Waals surface area contributed by atoms with E-state index in [1.54, 1.807) is 24.3 Å². The van der Waals surface area contributed by atoms with Crippen molar-refractivity contribution in [2.24, 2.45) is 5.41 Å². The minimum absolute atomic E-state index is 0.143. The van der Waals surface area contributed by atoms with Crippen molar-refractivity contribution < 1.29 is 9.90 Å². The molecule has 0 atom stereocenters. The second-order valence-electron chi connectivity index (χ2n) is 5.03. The molecule has 0 saturated heterocycles. The average molecular weight is 206 g/mol. The van der Waals surface area contributed by atoms with Crippen LogP contribution in [0.4, 0.5) is 0 Å². The quantitative estimate of drug-likeness (QED) is 0.769. The first kappa shape index (κ1) is 11.8. The van der Waals surface area contributed by atoms with Crippen LogP contribution in [0.15, 0.2) is 24.3 Å². The lowest BCUT2D eigenvalue weighted by molar-refractivity contribution is 0.0966. The smallest absolute Gasteiger partial charge is 0.162 e. The van der Waals surface area contributed by atoms with E-state index >= 15 is 0 Å². The van der Waals surface area contributed by atoms with Gasteiger partial charge in [0.2, 0.25) is 0 Å². The Hall–Kier alpha value is -1.31. The Balaban J connectivity index is 2.58. The zero-order valence-electron chi connectivity index (χ0n) is 9.58. The van der Waals surface area contributed by atoms with Crippen LogP contribution < -0.4 is 0 Å². The second-order valence-corrected chi connectivity index (χ2v) is 5.03. The lowest BCUT2D eigenvalue weighted by Gasteiger charge is -2.16. The third kappa shape index (κ3) is 4.15. The molecule has 0 aliphatic heterocycles. The molecule has 1 aromatic carbocycles. The van der Waals surface area contributed by atoms with Crippen LogP contribution in [0, 0.1) is 5.41 Å². The second kappa shape index (κ2) is 4.47. The van der Waals surface area contributed by atoms with Gasteiger partial charge in [-0.15, -0.1) is 0 Å². The van der Waals surface area contributed by atoms with Crippen LogP contribution in [-0.4, -0.2) is 10.9 Å². The highest BCUT2D eigenvalue weighted by Crippen LogP contribution is 2.22. The lowest BCUT2D eigenvalue weighted by Crippen LogP contribution is -2.09. The van der Waals surface area contributed by atoms with Gasteiger partial charge in [-0.25, -0.2) is 0 Å². The zero-order chi connectivity index (χ0) is 11.5. The zero-order valence-corrected chi connectivity index (χ0v) is 9.58. The van der Waals surface area contributed by atoms with Crippen molar-refractivity contribution in [1.29, 1.82) is 0 Å². The van der Waals surface area contributed by atoms with Crippen LogP contribution in [-0.2, 0) is 0 Å². The van der Waals surface area contributed by atoms with Gasteiger partial charge in [0.15, 0.2) is 5.78 Å². The van der Waals surface area contributed by atoms with Gasteiger partial charge < -0.3 is 5.11 Å². The van der Waals surface area contributed by atoms with E-state index in [0.717, 1.165) is 6.42 Å². The predicted molar refractivity (Wildman–Crippen MR) is 61.1 cm³/mol. The fraction of sp³-hybridized carbons (Fsp3) is 0.462. The SMILES string of the molecule is CC(C)(C)CCC(=O)c1ccc(O)cc1. The number of carbonyl (C=O) groups excluding carboxylic acids is 1. The molecule has 0 heterocycles. The van der Waals surface area contributed by atoms with Crippen LogP contribution in [0.2, 0.25) is 0 Å². The Morgan fingerprint density at radius 2 is 1.73 bits per heavy atom. The van der Waals surface area contributed by atoms with Gasteiger partial charge in [0, 0.05) is 12.0 Å². The van der Waals surface area contributed by atoms with E-state index < -0.39 is 0 Å². The van der Waals surface area contributed by atoms with Crippen LogP contribution in [0.3, 0.4) is 0 Å².